The quantitative estimate of drug-likeness (QED) is 0.705. The molecule has 3 rings (SSSR count). The van der Waals surface area contributed by atoms with E-state index in [1.807, 2.05) is 0 Å². The van der Waals surface area contributed by atoms with E-state index in [2.05, 4.69) is 15.4 Å². The van der Waals surface area contributed by atoms with Crippen LogP contribution in [0.25, 0.3) is 0 Å². The first-order valence-corrected chi connectivity index (χ1v) is 10.3. The molecule has 0 spiro atoms. The third-order valence-electron chi connectivity index (χ3n) is 4.50. The van der Waals surface area contributed by atoms with Crippen LogP contribution in [-0.4, -0.2) is 34.0 Å². The van der Waals surface area contributed by atoms with Gasteiger partial charge in [-0.05, 0) is 68.2 Å². The summed E-state index contributed by atoms with van der Waals surface area (Å²) < 4.78 is 40.6. The van der Waals surface area contributed by atoms with Crippen LogP contribution < -0.4 is 15.4 Å². The average molecular weight is 391 g/mol. The first kappa shape index (κ1) is 19.3. The zero-order chi connectivity index (χ0) is 19.3. The Balaban J connectivity index is 1.63. The van der Waals surface area contributed by atoms with Crippen molar-refractivity contribution in [2.75, 3.05) is 24.4 Å². The van der Waals surface area contributed by atoms with Gasteiger partial charge in [-0.3, -0.25) is 9.52 Å². The summed E-state index contributed by atoms with van der Waals surface area (Å²) in [6, 6.07) is 11.1. The SMILES string of the molecule is O=C(NCC1CCCNC1)c1ccc(S(=O)(=O)Nc2ccccc2F)cc1. The minimum absolute atomic E-state index is 0.0428. The van der Waals surface area contributed by atoms with Gasteiger partial charge in [0.1, 0.15) is 5.82 Å². The molecule has 2 aromatic rings. The van der Waals surface area contributed by atoms with Crippen LogP contribution in [0.5, 0.6) is 0 Å². The number of carbonyl (C=O) groups excluding carboxylic acids is 1. The second-order valence-electron chi connectivity index (χ2n) is 6.53. The van der Waals surface area contributed by atoms with Gasteiger partial charge in [-0.25, -0.2) is 12.8 Å². The van der Waals surface area contributed by atoms with Gasteiger partial charge in [0.15, 0.2) is 0 Å². The Labute approximate surface area is 158 Å². The van der Waals surface area contributed by atoms with Crippen molar-refractivity contribution in [3.8, 4) is 0 Å². The van der Waals surface area contributed by atoms with Gasteiger partial charge >= 0.3 is 0 Å². The van der Waals surface area contributed by atoms with Crippen LogP contribution in [0.4, 0.5) is 10.1 Å². The number of piperidine rings is 1. The van der Waals surface area contributed by atoms with Gasteiger partial charge in [0.05, 0.1) is 10.6 Å². The number of para-hydroxylation sites is 1. The molecule has 1 saturated heterocycles. The van der Waals surface area contributed by atoms with Crippen molar-refractivity contribution >= 4 is 21.6 Å². The molecule has 2 aromatic carbocycles. The molecule has 1 aliphatic rings. The van der Waals surface area contributed by atoms with Crippen molar-refractivity contribution in [2.45, 2.75) is 17.7 Å². The molecular formula is C19H22FN3O3S. The highest BCUT2D eigenvalue weighted by molar-refractivity contribution is 7.92. The van der Waals surface area contributed by atoms with Crippen LogP contribution in [0.15, 0.2) is 53.4 Å². The molecule has 1 amide bonds. The summed E-state index contributed by atoms with van der Waals surface area (Å²) in [6.45, 7) is 2.49. The van der Waals surface area contributed by atoms with Gasteiger partial charge in [-0.1, -0.05) is 12.1 Å². The van der Waals surface area contributed by atoms with E-state index in [9.17, 15) is 17.6 Å². The highest BCUT2D eigenvalue weighted by Gasteiger charge is 2.18. The molecule has 3 N–H and O–H groups in total. The van der Waals surface area contributed by atoms with E-state index in [0.29, 0.717) is 18.0 Å². The van der Waals surface area contributed by atoms with Gasteiger partial charge in [0, 0.05) is 12.1 Å². The monoisotopic (exact) mass is 391 g/mol. The maximum atomic E-state index is 13.7. The minimum Gasteiger partial charge on any atom is -0.352 e. The number of rotatable bonds is 6. The molecule has 1 aliphatic heterocycles. The summed E-state index contributed by atoms with van der Waals surface area (Å²) in [5.41, 5.74) is 0.254. The van der Waals surface area contributed by atoms with Crippen LogP contribution in [0.3, 0.4) is 0 Å². The highest BCUT2D eigenvalue weighted by Crippen LogP contribution is 2.19. The number of carbonyl (C=O) groups is 1. The van der Waals surface area contributed by atoms with Crippen molar-refractivity contribution in [2.24, 2.45) is 5.92 Å². The van der Waals surface area contributed by atoms with Gasteiger partial charge < -0.3 is 10.6 Å². The fraction of sp³-hybridized carbons (Fsp3) is 0.316. The zero-order valence-corrected chi connectivity index (χ0v) is 15.6. The van der Waals surface area contributed by atoms with Crippen molar-refractivity contribution in [1.29, 1.82) is 0 Å². The minimum atomic E-state index is -3.94. The number of benzene rings is 2. The smallest absolute Gasteiger partial charge is 0.261 e. The van der Waals surface area contributed by atoms with E-state index in [4.69, 9.17) is 0 Å². The summed E-state index contributed by atoms with van der Waals surface area (Å²) in [6.07, 6.45) is 2.17. The van der Waals surface area contributed by atoms with Crippen LogP contribution >= 0.6 is 0 Å². The molecule has 1 fully saturated rings. The molecule has 1 heterocycles. The number of anilines is 1. The van der Waals surface area contributed by atoms with Crippen molar-refractivity contribution in [3.63, 3.8) is 0 Å². The molecule has 6 nitrogen and oxygen atoms in total. The zero-order valence-electron chi connectivity index (χ0n) is 14.7. The van der Waals surface area contributed by atoms with E-state index in [1.165, 1.54) is 48.5 Å². The summed E-state index contributed by atoms with van der Waals surface area (Å²) in [5.74, 6) is -0.492. The Morgan fingerprint density at radius 3 is 2.56 bits per heavy atom. The molecular weight excluding hydrogens is 369 g/mol. The van der Waals surface area contributed by atoms with E-state index >= 15 is 0 Å². The highest BCUT2D eigenvalue weighted by atomic mass is 32.2. The summed E-state index contributed by atoms with van der Waals surface area (Å²) in [5, 5.41) is 6.18. The molecule has 0 bridgehead atoms. The molecule has 0 aliphatic carbocycles. The fourth-order valence-electron chi connectivity index (χ4n) is 2.97. The lowest BCUT2D eigenvalue weighted by atomic mass is 10.00. The van der Waals surface area contributed by atoms with Crippen molar-refractivity contribution in [3.05, 3.63) is 59.9 Å². The van der Waals surface area contributed by atoms with Crippen LogP contribution in [0.1, 0.15) is 23.2 Å². The summed E-state index contributed by atoms with van der Waals surface area (Å²) >= 11 is 0. The van der Waals surface area contributed by atoms with E-state index < -0.39 is 15.8 Å². The standard InChI is InChI=1S/C19H22FN3O3S/c20-17-5-1-2-6-18(17)23-27(25,26)16-9-7-15(8-10-16)19(24)22-13-14-4-3-11-21-12-14/h1-2,5-10,14,21,23H,3-4,11-13H2,(H,22,24). The number of sulfonamides is 1. The molecule has 0 aromatic heterocycles. The first-order chi connectivity index (χ1) is 13.0. The average Bonchev–Trinajstić information content (AvgIpc) is 2.69. The number of hydrogen-bond acceptors (Lipinski definition) is 4. The van der Waals surface area contributed by atoms with E-state index in [0.717, 1.165) is 25.9 Å². The van der Waals surface area contributed by atoms with Gasteiger partial charge in [-0.2, -0.15) is 0 Å². The number of halogens is 1. The number of nitrogens with one attached hydrogen (secondary N) is 3. The van der Waals surface area contributed by atoms with Crippen LogP contribution in [0, 0.1) is 11.7 Å². The molecule has 8 heteroatoms. The van der Waals surface area contributed by atoms with E-state index in [1.54, 1.807) is 0 Å². The number of amides is 1. The Kier molecular flexibility index (Phi) is 6.08. The predicted octanol–water partition coefficient (Wildman–Crippen LogP) is 2.36. The Morgan fingerprint density at radius 2 is 1.89 bits per heavy atom. The largest absolute Gasteiger partial charge is 0.352 e. The van der Waals surface area contributed by atoms with Crippen molar-refractivity contribution < 1.29 is 17.6 Å². The Bertz CT molecular complexity index is 895. The predicted molar refractivity (Wildman–Crippen MR) is 102 cm³/mol. The van der Waals surface area contributed by atoms with Crippen molar-refractivity contribution in [1.82, 2.24) is 10.6 Å². The Morgan fingerprint density at radius 1 is 1.15 bits per heavy atom. The summed E-state index contributed by atoms with van der Waals surface area (Å²) in [7, 11) is -3.94. The third kappa shape index (κ3) is 5.05. The summed E-state index contributed by atoms with van der Waals surface area (Å²) in [4.78, 5) is 12.2. The lowest BCUT2D eigenvalue weighted by molar-refractivity contribution is 0.0944. The van der Waals surface area contributed by atoms with E-state index in [-0.39, 0.29) is 16.5 Å². The lowest BCUT2D eigenvalue weighted by Crippen LogP contribution is -2.38. The van der Waals surface area contributed by atoms with Gasteiger partial charge in [-0.15, -0.1) is 0 Å². The fourth-order valence-corrected chi connectivity index (χ4v) is 4.04. The third-order valence-corrected chi connectivity index (χ3v) is 5.88. The van der Waals surface area contributed by atoms with Gasteiger partial charge in [0.25, 0.3) is 15.9 Å². The molecule has 1 atom stereocenters. The molecule has 0 radical (unpaired) electrons. The lowest BCUT2D eigenvalue weighted by Gasteiger charge is -2.22. The first-order valence-electron chi connectivity index (χ1n) is 8.82. The second kappa shape index (κ2) is 8.49. The molecule has 0 saturated carbocycles. The van der Waals surface area contributed by atoms with Crippen LogP contribution in [-0.2, 0) is 10.0 Å². The molecule has 1 unspecified atom stereocenters. The van der Waals surface area contributed by atoms with Crippen LogP contribution in [0.2, 0.25) is 0 Å². The second-order valence-corrected chi connectivity index (χ2v) is 8.21. The van der Waals surface area contributed by atoms with Gasteiger partial charge in [0.2, 0.25) is 0 Å². The topological polar surface area (TPSA) is 87.3 Å². The maximum absolute atomic E-state index is 13.7. The number of hydrogen-bond donors (Lipinski definition) is 3. The molecule has 27 heavy (non-hydrogen) atoms. The normalized spacial score (nSPS) is 17.3. The maximum Gasteiger partial charge on any atom is 0.261 e. The Hall–Kier alpha value is -2.45. The molecule has 144 valence electrons.